The van der Waals surface area contributed by atoms with Crippen molar-refractivity contribution in [1.82, 2.24) is 4.98 Å². The summed E-state index contributed by atoms with van der Waals surface area (Å²) in [5, 5.41) is 5.05. The van der Waals surface area contributed by atoms with Crippen LogP contribution in [-0.4, -0.2) is 24.2 Å². The molecule has 2 aromatic rings. The number of thiazole rings is 1. The summed E-state index contributed by atoms with van der Waals surface area (Å²) in [4.78, 5) is 4.53. The maximum Gasteiger partial charge on any atom is 0.183 e. The largest absolute Gasteiger partial charge is 0.376 e. The molecule has 0 saturated carbocycles. The molecule has 0 aliphatic carbocycles. The first-order valence-electron chi connectivity index (χ1n) is 6.23. The van der Waals surface area contributed by atoms with Gasteiger partial charge in [0.1, 0.15) is 0 Å². The molecule has 1 fully saturated rings. The highest BCUT2D eigenvalue weighted by Gasteiger charge is 2.14. The van der Waals surface area contributed by atoms with Crippen LogP contribution in [0.3, 0.4) is 0 Å². The first-order chi connectivity index (χ1) is 8.83. The number of hydrogen-bond donors (Lipinski definition) is 1. The van der Waals surface area contributed by atoms with Crippen molar-refractivity contribution < 1.29 is 4.74 Å². The van der Waals surface area contributed by atoms with Gasteiger partial charge >= 0.3 is 0 Å². The van der Waals surface area contributed by atoms with Crippen LogP contribution in [-0.2, 0) is 4.74 Å². The average molecular weight is 283 g/mol. The molecule has 0 spiro atoms. The molecule has 1 unspecified atom stereocenters. The summed E-state index contributed by atoms with van der Waals surface area (Å²) in [6.07, 6.45) is 3.91. The van der Waals surface area contributed by atoms with E-state index in [1.165, 1.54) is 12.8 Å². The second-order valence-electron chi connectivity index (χ2n) is 4.48. The van der Waals surface area contributed by atoms with Crippen LogP contribution in [0.5, 0.6) is 0 Å². The van der Waals surface area contributed by atoms with E-state index in [0.29, 0.717) is 6.10 Å². The Morgan fingerprint density at radius 1 is 1.44 bits per heavy atom. The Morgan fingerprint density at radius 2 is 2.39 bits per heavy atom. The molecule has 1 aliphatic rings. The molecule has 5 heteroatoms. The summed E-state index contributed by atoms with van der Waals surface area (Å²) >= 11 is 7.74. The van der Waals surface area contributed by atoms with Gasteiger partial charge in [0.15, 0.2) is 5.13 Å². The highest BCUT2D eigenvalue weighted by Crippen LogP contribution is 2.31. The normalized spacial score (nSPS) is 20.2. The van der Waals surface area contributed by atoms with Crippen LogP contribution in [0, 0.1) is 0 Å². The fourth-order valence-electron chi connectivity index (χ4n) is 2.16. The predicted molar refractivity (Wildman–Crippen MR) is 76.7 cm³/mol. The van der Waals surface area contributed by atoms with Gasteiger partial charge in [-0.1, -0.05) is 29.0 Å². The smallest absolute Gasteiger partial charge is 0.183 e. The third-order valence-electron chi connectivity index (χ3n) is 3.12. The van der Waals surface area contributed by atoms with Gasteiger partial charge in [0.05, 0.1) is 21.3 Å². The fraction of sp³-hybridized carbons (Fsp3) is 0.462. The van der Waals surface area contributed by atoms with E-state index in [-0.39, 0.29) is 0 Å². The van der Waals surface area contributed by atoms with E-state index in [1.54, 1.807) is 11.3 Å². The van der Waals surface area contributed by atoms with Gasteiger partial charge in [0, 0.05) is 13.2 Å². The van der Waals surface area contributed by atoms with Crippen molar-refractivity contribution in [3.05, 3.63) is 23.2 Å². The van der Waals surface area contributed by atoms with Gasteiger partial charge in [0.2, 0.25) is 0 Å². The van der Waals surface area contributed by atoms with Gasteiger partial charge in [-0.15, -0.1) is 0 Å². The summed E-state index contributed by atoms with van der Waals surface area (Å²) in [5.74, 6) is 0. The number of nitrogens with one attached hydrogen (secondary N) is 1. The molecular weight excluding hydrogens is 268 g/mol. The van der Waals surface area contributed by atoms with E-state index in [9.17, 15) is 0 Å². The molecule has 96 valence electrons. The SMILES string of the molecule is Clc1cccc2nc(NCC3CCCCO3)sc12. The number of aromatic nitrogens is 1. The highest BCUT2D eigenvalue weighted by molar-refractivity contribution is 7.22. The summed E-state index contributed by atoms with van der Waals surface area (Å²) in [7, 11) is 0. The average Bonchev–Trinajstić information content (AvgIpc) is 2.82. The summed E-state index contributed by atoms with van der Waals surface area (Å²) in [6.45, 7) is 1.72. The third-order valence-corrected chi connectivity index (χ3v) is 4.61. The summed E-state index contributed by atoms with van der Waals surface area (Å²) in [5.41, 5.74) is 0.958. The Balaban J connectivity index is 1.69. The molecule has 1 atom stereocenters. The van der Waals surface area contributed by atoms with Crippen LogP contribution in [0.15, 0.2) is 18.2 Å². The first kappa shape index (κ1) is 12.2. The van der Waals surface area contributed by atoms with Crippen molar-refractivity contribution in [3.8, 4) is 0 Å². The molecular formula is C13H15ClN2OS. The van der Waals surface area contributed by atoms with Gasteiger partial charge in [-0.25, -0.2) is 4.98 Å². The van der Waals surface area contributed by atoms with Crippen molar-refractivity contribution in [2.24, 2.45) is 0 Å². The first-order valence-corrected chi connectivity index (χ1v) is 7.43. The predicted octanol–water partition coefficient (Wildman–Crippen LogP) is 3.93. The highest BCUT2D eigenvalue weighted by atomic mass is 35.5. The molecule has 2 heterocycles. The lowest BCUT2D eigenvalue weighted by Crippen LogP contribution is -2.26. The number of fused-ring (bicyclic) bond motifs is 1. The van der Waals surface area contributed by atoms with Crippen LogP contribution in [0.4, 0.5) is 5.13 Å². The molecule has 0 radical (unpaired) electrons. The topological polar surface area (TPSA) is 34.2 Å². The van der Waals surface area contributed by atoms with Crippen LogP contribution < -0.4 is 5.32 Å². The van der Waals surface area contributed by atoms with E-state index in [2.05, 4.69) is 10.3 Å². The van der Waals surface area contributed by atoms with Crippen molar-refractivity contribution in [1.29, 1.82) is 0 Å². The second-order valence-corrected chi connectivity index (χ2v) is 5.88. The van der Waals surface area contributed by atoms with Crippen molar-refractivity contribution >= 4 is 38.3 Å². The van der Waals surface area contributed by atoms with Crippen molar-refractivity contribution in [2.45, 2.75) is 25.4 Å². The standard InChI is InChI=1S/C13H15ClN2OS/c14-10-5-3-6-11-12(10)18-13(16-11)15-8-9-4-1-2-7-17-9/h3,5-6,9H,1-2,4,7-8H2,(H,15,16). The van der Waals surface area contributed by atoms with Gasteiger partial charge in [-0.05, 0) is 31.4 Å². The Morgan fingerprint density at radius 3 is 3.17 bits per heavy atom. The molecule has 0 bridgehead atoms. The van der Waals surface area contributed by atoms with Crippen molar-refractivity contribution in [2.75, 3.05) is 18.5 Å². The molecule has 1 aliphatic heterocycles. The van der Waals surface area contributed by atoms with Gasteiger partial charge in [-0.2, -0.15) is 0 Å². The zero-order valence-corrected chi connectivity index (χ0v) is 11.6. The lowest BCUT2D eigenvalue weighted by atomic mass is 10.1. The third kappa shape index (κ3) is 2.60. The lowest BCUT2D eigenvalue weighted by Gasteiger charge is -2.22. The lowest BCUT2D eigenvalue weighted by molar-refractivity contribution is 0.0247. The van der Waals surface area contributed by atoms with Crippen LogP contribution in [0.1, 0.15) is 19.3 Å². The molecule has 1 aromatic heterocycles. The van der Waals surface area contributed by atoms with E-state index in [1.807, 2.05) is 18.2 Å². The minimum atomic E-state index is 0.321. The monoisotopic (exact) mass is 282 g/mol. The molecule has 1 N–H and O–H groups in total. The Hall–Kier alpha value is -0.840. The zero-order chi connectivity index (χ0) is 12.4. The van der Waals surface area contributed by atoms with Gasteiger partial charge in [0.25, 0.3) is 0 Å². The van der Waals surface area contributed by atoms with E-state index >= 15 is 0 Å². The summed E-state index contributed by atoms with van der Waals surface area (Å²) in [6, 6.07) is 5.81. The number of ether oxygens (including phenoxy) is 1. The van der Waals surface area contributed by atoms with E-state index in [0.717, 1.165) is 39.9 Å². The number of nitrogens with zero attached hydrogens (tertiary/aromatic N) is 1. The fourth-order valence-corrected chi connectivity index (χ4v) is 3.32. The molecule has 0 amide bonds. The quantitative estimate of drug-likeness (QED) is 0.926. The van der Waals surface area contributed by atoms with E-state index < -0.39 is 0 Å². The maximum absolute atomic E-state index is 6.14. The molecule has 3 rings (SSSR count). The molecule has 1 saturated heterocycles. The number of benzene rings is 1. The number of halogens is 1. The number of hydrogen-bond acceptors (Lipinski definition) is 4. The number of rotatable bonds is 3. The van der Waals surface area contributed by atoms with E-state index in [4.69, 9.17) is 16.3 Å². The minimum Gasteiger partial charge on any atom is -0.376 e. The van der Waals surface area contributed by atoms with Crippen molar-refractivity contribution in [3.63, 3.8) is 0 Å². The van der Waals surface area contributed by atoms with Gasteiger partial charge < -0.3 is 10.1 Å². The second kappa shape index (κ2) is 5.43. The Kier molecular flexibility index (Phi) is 3.68. The van der Waals surface area contributed by atoms with Crippen LogP contribution in [0.2, 0.25) is 5.02 Å². The molecule has 3 nitrogen and oxygen atoms in total. The Labute approximate surface area is 115 Å². The molecule has 18 heavy (non-hydrogen) atoms. The zero-order valence-electron chi connectivity index (χ0n) is 9.99. The summed E-state index contributed by atoms with van der Waals surface area (Å²) < 4.78 is 6.73. The molecule has 1 aromatic carbocycles. The minimum absolute atomic E-state index is 0.321. The number of anilines is 1. The van der Waals surface area contributed by atoms with Crippen LogP contribution in [0.25, 0.3) is 10.2 Å². The Bertz CT molecular complexity index is 537. The maximum atomic E-state index is 6.14. The van der Waals surface area contributed by atoms with Gasteiger partial charge in [-0.3, -0.25) is 0 Å². The van der Waals surface area contributed by atoms with Crippen LogP contribution >= 0.6 is 22.9 Å².